The number of nitrogens with one attached hydrogen (secondary N) is 2. The summed E-state index contributed by atoms with van der Waals surface area (Å²) >= 11 is 6.25. The summed E-state index contributed by atoms with van der Waals surface area (Å²) in [6.07, 6.45) is 0.436. The van der Waals surface area contributed by atoms with Crippen LogP contribution in [0.2, 0.25) is 5.02 Å². The third-order valence-corrected chi connectivity index (χ3v) is 6.50. The molecule has 1 aromatic carbocycles. The molecule has 3 heterocycles. The van der Waals surface area contributed by atoms with E-state index in [1.54, 1.807) is 25.1 Å². The number of hydrogen-bond donors (Lipinski definition) is 3. The molecule has 28 heavy (non-hydrogen) atoms. The highest BCUT2D eigenvalue weighted by atomic mass is 35.5. The van der Waals surface area contributed by atoms with Crippen LogP contribution in [0, 0.1) is 11.8 Å². The number of nitrogens with zero attached hydrogens (tertiary/aromatic N) is 1. The number of rotatable bonds is 4. The molecule has 1 spiro atoms. The van der Waals surface area contributed by atoms with Gasteiger partial charge in [-0.05, 0) is 19.4 Å². The van der Waals surface area contributed by atoms with E-state index in [1.807, 2.05) is 6.92 Å². The van der Waals surface area contributed by atoms with Crippen LogP contribution >= 0.6 is 11.6 Å². The highest BCUT2D eigenvalue weighted by molar-refractivity contribution is 6.35. The van der Waals surface area contributed by atoms with Crippen LogP contribution in [-0.2, 0) is 24.7 Å². The molecule has 8 nitrogen and oxygen atoms in total. The van der Waals surface area contributed by atoms with Gasteiger partial charge >= 0.3 is 0 Å². The zero-order valence-electron chi connectivity index (χ0n) is 15.5. The van der Waals surface area contributed by atoms with Gasteiger partial charge in [0.1, 0.15) is 5.54 Å². The van der Waals surface area contributed by atoms with Crippen molar-refractivity contribution < 1.29 is 19.2 Å². The minimum atomic E-state index is -1.46. The van der Waals surface area contributed by atoms with Crippen LogP contribution in [0.5, 0.6) is 0 Å². The molecule has 0 radical (unpaired) electrons. The number of hydrogen-bond acceptors (Lipinski definition) is 5. The van der Waals surface area contributed by atoms with Crippen molar-refractivity contribution in [3.8, 4) is 0 Å². The molecule has 4 N–H and O–H groups in total. The SMILES string of the molecule is CCC(C)N1C(=O)C2C(CC(N)=O)NC3(C(=O)Nc4c(Cl)cccc43)C2C1=O. The Morgan fingerprint density at radius 1 is 1.32 bits per heavy atom. The van der Waals surface area contributed by atoms with Gasteiger partial charge in [-0.15, -0.1) is 0 Å². The Morgan fingerprint density at radius 3 is 2.68 bits per heavy atom. The smallest absolute Gasteiger partial charge is 0.250 e. The van der Waals surface area contributed by atoms with Crippen LogP contribution in [0.25, 0.3) is 0 Å². The van der Waals surface area contributed by atoms with Gasteiger partial charge in [0.25, 0.3) is 0 Å². The fraction of sp³-hybridized carbons (Fsp3) is 0.474. The maximum Gasteiger partial charge on any atom is 0.250 e. The number of likely N-dealkylation sites (tertiary alicyclic amines) is 1. The number of carbonyl (C=O) groups excluding carboxylic acids is 4. The van der Waals surface area contributed by atoms with E-state index in [0.29, 0.717) is 22.7 Å². The molecule has 4 rings (SSSR count). The number of amides is 4. The number of primary amides is 1. The van der Waals surface area contributed by atoms with E-state index in [9.17, 15) is 19.2 Å². The lowest BCUT2D eigenvalue weighted by Gasteiger charge is -2.31. The zero-order valence-corrected chi connectivity index (χ0v) is 16.2. The Hall–Kier alpha value is -2.45. The molecule has 4 amide bonds. The Bertz CT molecular complexity index is 919. The third-order valence-electron chi connectivity index (χ3n) is 6.19. The molecule has 0 bridgehead atoms. The largest absolute Gasteiger partial charge is 0.370 e. The first-order valence-electron chi connectivity index (χ1n) is 9.27. The van der Waals surface area contributed by atoms with Crippen molar-refractivity contribution in [3.63, 3.8) is 0 Å². The molecular weight excluding hydrogens is 384 g/mol. The molecule has 5 unspecified atom stereocenters. The van der Waals surface area contributed by atoms with Crippen LogP contribution in [0.1, 0.15) is 32.3 Å². The topological polar surface area (TPSA) is 122 Å². The van der Waals surface area contributed by atoms with Crippen LogP contribution in [0.15, 0.2) is 18.2 Å². The first-order valence-corrected chi connectivity index (χ1v) is 9.65. The molecule has 0 aliphatic carbocycles. The first-order chi connectivity index (χ1) is 13.2. The van der Waals surface area contributed by atoms with Crippen molar-refractivity contribution in [2.45, 2.75) is 44.3 Å². The third kappa shape index (κ3) is 2.28. The second kappa shape index (κ2) is 6.28. The maximum atomic E-state index is 13.4. The number of carbonyl (C=O) groups is 4. The molecule has 1 aromatic rings. The molecule has 0 aromatic heterocycles. The number of halogens is 1. The predicted molar refractivity (Wildman–Crippen MR) is 101 cm³/mol. The zero-order chi connectivity index (χ0) is 20.4. The summed E-state index contributed by atoms with van der Waals surface area (Å²) < 4.78 is 0. The van der Waals surface area contributed by atoms with Crippen molar-refractivity contribution in [2.24, 2.45) is 17.6 Å². The van der Waals surface area contributed by atoms with Crippen LogP contribution in [0.3, 0.4) is 0 Å². The Kier molecular flexibility index (Phi) is 4.24. The minimum Gasteiger partial charge on any atom is -0.370 e. The standard InChI is InChI=1S/C19H21ClN4O4/c1-3-8(2)24-16(26)13-11(7-12(21)25)23-19(14(13)17(24)27)9-5-4-6-10(20)15(9)22-18(19)28/h4-6,8,11,13-14,23H,3,7H2,1-2H3,(H2,21,25)(H,22,28). The van der Waals surface area contributed by atoms with E-state index in [1.165, 1.54) is 4.90 Å². The molecule has 148 valence electrons. The van der Waals surface area contributed by atoms with Crippen LogP contribution in [0.4, 0.5) is 5.69 Å². The summed E-state index contributed by atoms with van der Waals surface area (Å²) in [7, 11) is 0. The summed E-state index contributed by atoms with van der Waals surface area (Å²) in [5.74, 6) is -3.65. The van der Waals surface area contributed by atoms with Gasteiger partial charge in [0, 0.05) is 24.1 Å². The van der Waals surface area contributed by atoms with E-state index in [2.05, 4.69) is 10.6 Å². The Morgan fingerprint density at radius 2 is 2.04 bits per heavy atom. The van der Waals surface area contributed by atoms with E-state index < -0.39 is 41.1 Å². The van der Waals surface area contributed by atoms with Gasteiger partial charge < -0.3 is 11.1 Å². The van der Waals surface area contributed by atoms with E-state index >= 15 is 0 Å². The fourth-order valence-corrected chi connectivity index (χ4v) is 5.05. The molecular formula is C19H21ClN4O4. The molecule has 9 heteroatoms. The average Bonchev–Trinajstić information content (AvgIpc) is 3.21. The summed E-state index contributed by atoms with van der Waals surface area (Å²) in [5, 5.41) is 6.22. The summed E-state index contributed by atoms with van der Waals surface area (Å²) in [6, 6.07) is 4.01. The fourth-order valence-electron chi connectivity index (χ4n) is 4.82. The van der Waals surface area contributed by atoms with Gasteiger partial charge in [0.15, 0.2) is 0 Å². The van der Waals surface area contributed by atoms with E-state index in [0.717, 1.165) is 0 Å². The normalized spacial score (nSPS) is 31.9. The first kappa shape index (κ1) is 18.9. The lowest BCUT2D eigenvalue weighted by atomic mass is 9.76. The van der Waals surface area contributed by atoms with Crippen molar-refractivity contribution in [2.75, 3.05) is 5.32 Å². The molecule has 0 saturated carbocycles. The van der Waals surface area contributed by atoms with E-state index in [-0.39, 0.29) is 18.4 Å². The quantitative estimate of drug-likeness (QED) is 0.639. The van der Waals surface area contributed by atoms with Gasteiger partial charge in [-0.25, -0.2) is 0 Å². The maximum absolute atomic E-state index is 13.4. The van der Waals surface area contributed by atoms with E-state index in [4.69, 9.17) is 17.3 Å². The number of nitrogens with two attached hydrogens (primary N) is 1. The van der Waals surface area contributed by atoms with Crippen molar-refractivity contribution >= 4 is 40.9 Å². The van der Waals surface area contributed by atoms with Gasteiger partial charge in [0.2, 0.25) is 23.6 Å². The molecule has 2 saturated heterocycles. The summed E-state index contributed by atoms with van der Waals surface area (Å²) in [5.41, 5.74) is 4.86. The second-order valence-electron chi connectivity index (χ2n) is 7.65. The van der Waals surface area contributed by atoms with Gasteiger partial charge in [-0.1, -0.05) is 30.7 Å². The molecule has 5 atom stereocenters. The second-order valence-corrected chi connectivity index (χ2v) is 8.06. The van der Waals surface area contributed by atoms with Crippen molar-refractivity contribution in [1.82, 2.24) is 10.2 Å². The Labute approximate surface area is 166 Å². The summed E-state index contributed by atoms with van der Waals surface area (Å²) in [6.45, 7) is 3.67. The lowest BCUT2D eigenvalue weighted by molar-refractivity contribution is -0.145. The minimum absolute atomic E-state index is 0.153. The monoisotopic (exact) mass is 404 g/mol. The molecule has 2 fully saturated rings. The highest BCUT2D eigenvalue weighted by Gasteiger charge is 2.70. The van der Waals surface area contributed by atoms with Crippen LogP contribution in [-0.4, -0.2) is 40.6 Å². The molecule has 3 aliphatic rings. The number of para-hydroxylation sites is 1. The highest BCUT2D eigenvalue weighted by Crippen LogP contribution is 2.54. The van der Waals surface area contributed by atoms with Crippen LogP contribution < -0.4 is 16.4 Å². The predicted octanol–water partition coefficient (Wildman–Crippen LogP) is 0.734. The van der Waals surface area contributed by atoms with Gasteiger partial charge in [0.05, 0.1) is 22.5 Å². The van der Waals surface area contributed by atoms with Gasteiger partial charge in [-0.2, -0.15) is 0 Å². The van der Waals surface area contributed by atoms with Crippen molar-refractivity contribution in [3.05, 3.63) is 28.8 Å². The lowest BCUT2D eigenvalue weighted by Crippen LogP contribution is -2.54. The Balaban J connectivity index is 1.90. The van der Waals surface area contributed by atoms with Crippen molar-refractivity contribution in [1.29, 1.82) is 0 Å². The average molecular weight is 405 g/mol. The molecule has 3 aliphatic heterocycles. The number of anilines is 1. The van der Waals surface area contributed by atoms with Gasteiger partial charge in [-0.3, -0.25) is 29.4 Å². The number of imide groups is 1. The number of fused-ring (bicyclic) bond motifs is 4. The number of benzene rings is 1. The summed E-state index contributed by atoms with van der Waals surface area (Å²) in [4.78, 5) is 52.6.